The normalized spacial score (nSPS) is 19.1. The van der Waals surface area contributed by atoms with Crippen molar-refractivity contribution in [1.29, 1.82) is 0 Å². The molecule has 0 saturated heterocycles. The Labute approximate surface area is 87.3 Å². The lowest BCUT2D eigenvalue weighted by Gasteiger charge is -2.12. The van der Waals surface area contributed by atoms with Crippen LogP contribution in [-0.4, -0.2) is 39.5 Å². The molecule has 0 aliphatic heterocycles. The van der Waals surface area contributed by atoms with Gasteiger partial charge in [-0.25, -0.2) is 4.21 Å². The minimum atomic E-state index is -1.28. The van der Waals surface area contributed by atoms with Crippen molar-refractivity contribution < 1.29 is 18.6 Å². The highest BCUT2D eigenvalue weighted by atomic mass is 32.2. The van der Waals surface area contributed by atoms with Crippen LogP contribution in [0, 0.1) is 0 Å². The molecule has 1 unspecified atom stereocenters. The zero-order valence-electron chi connectivity index (χ0n) is 8.77. The summed E-state index contributed by atoms with van der Waals surface area (Å²) in [5.41, 5.74) is 0.719. The maximum atomic E-state index is 10.5. The van der Waals surface area contributed by atoms with Gasteiger partial charge in [0.15, 0.2) is 11.1 Å². The second-order valence-electron chi connectivity index (χ2n) is 3.23. The van der Waals surface area contributed by atoms with Crippen molar-refractivity contribution in [2.75, 3.05) is 12.9 Å². The summed E-state index contributed by atoms with van der Waals surface area (Å²) in [5, 5.41) is 18.5. The first-order valence-electron chi connectivity index (χ1n) is 4.43. The topological polar surface area (TPSA) is 66.8 Å². The van der Waals surface area contributed by atoms with Crippen molar-refractivity contribution in [2.45, 2.75) is 32.5 Å². The van der Waals surface area contributed by atoms with Gasteiger partial charge >= 0.3 is 0 Å². The molecule has 84 valence electrons. The Balaban J connectivity index is 3.90. The summed E-state index contributed by atoms with van der Waals surface area (Å²) in [6.07, 6.45) is 2.21. The third kappa shape index (κ3) is 7.20. The maximum Gasteiger partial charge on any atom is 0.152 e. The monoisotopic (exact) mass is 222 g/mol. The summed E-state index contributed by atoms with van der Waals surface area (Å²) in [5.74, 6) is 0. The van der Waals surface area contributed by atoms with E-state index in [1.807, 2.05) is 0 Å². The molecule has 0 aromatic carbocycles. The standard InChI is InChI=1S/C9H18O4S/c1-7(4-5-13-14(3)12)9(11)6-8(2)10/h4,8-11H,5-6H2,1-3H3/b7-4-/t8-,9-,14?/m0/s1. The molecule has 5 heteroatoms. The van der Waals surface area contributed by atoms with Gasteiger partial charge in [-0.1, -0.05) is 6.08 Å². The van der Waals surface area contributed by atoms with Gasteiger partial charge in [-0.15, -0.1) is 0 Å². The summed E-state index contributed by atoms with van der Waals surface area (Å²) < 4.78 is 15.3. The van der Waals surface area contributed by atoms with Gasteiger partial charge < -0.3 is 10.2 Å². The molecule has 0 aromatic rings. The molecule has 0 radical (unpaired) electrons. The van der Waals surface area contributed by atoms with Crippen LogP contribution in [0.5, 0.6) is 0 Å². The van der Waals surface area contributed by atoms with Gasteiger partial charge in [0.25, 0.3) is 0 Å². The Bertz CT molecular complexity index is 213. The van der Waals surface area contributed by atoms with Gasteiger partial charge in [0.2, 0.25) is 0 Å². The molecule has 0 spiro atoms. The molecule has 0 aromatic heterocycles. The first kappa shape index (κ1) is 13.8. The average Bonchev–Trinajstić information content (AvgIpc) is 2.01. The zero-order chi connectivity index (χ0) is 11.1. The average molecular weight is 222 g/mol. The van der Waals surface area contributed by atoms with Crippen molar-refractivity contribution in [1.82, 2.24) is 0 Å². The Morgan fingerprint density at radius 3 is 2.57 bits per heavy atom. The van der Waals surface area contributed by atoms with Gasteiger partial charge in [0.1, 0.15) is 0 Å². The zero-order valence-corrected chi connectivity index (χ0v) is 9.58. The third-order valence-corrected chi connectivity index (χ3v) is 2.20. The summed E-state index contributed by atoms with van der Waals surface area (Å²) in [4.78, 5) is 0. The molecule has 0 rings (SSSR count). The minimum absolute atomic E-state index is 0.214. The number of rotatable bonds is 6. The first-order valence-corrected chi connectivity index (χ1v) is 5.91. The van der Waals surface area contributed by atoms with Crippen molar-refractivity contribution in [3.05, 3.63) is 11.6 Å². The van der Waals surface area contributed by atoms with Crippen molar-refractivity contribution in [3.63, 3.8) is 0 Å². The van der Waals surface area contributed by atoms with Crippen LogP contribution in [0.2, 0.25) is 0 Å². The van der Waals surface area contributed by atoms with Crippen molar-refractivity contribution >= 4 is 11.1 Å². The molecule has 0 heterocycles. The Kier molecular flexibility index (Phi) is 7.00. The number of aliphatic hydroxyl groups is 2. The first-order chi connectivity index (χ1) is 6.43. The Morgan fingerprint density at radius 1 is 1.57 bits per heavy atom. The van der Waals surface area contributed by atoms with Gasteiger partial charge in [0, 0.05) is 12.7 Å². The van der Waals surface area contributed by atoms with Crippen LogP contribution in [0.4, 0.5) is 0 Å². The molecule has 0 fully saturated rings. The Morgan fingerprint density at radius 2 is 2.14 bits per heavy atom. The lowest BCUT2D eigenvalue weighted by Crippen LogP contribution is -2.16. The fourth-order valence-corrected chi connectivity index (χ4v) is 1.17. The molecule has 14 heavy (non-hydrogen) atoms. The van der Waals surface area contributed by atoms with Crippen LogP contribution in [0.3, 0.4) is 0 Å². The van der Waals surface area contributed by atoms with E-state index < -0.39 is 23.3 Å². The quantitative estimate of drug-likeness (QED) is 0.637. The van der Waals surface area contributed by atoms with Crippen molar-refractivity contribution in [2.24, 2.45) is 0 Å². The molecule has 3 atom stereocenters. The van der Waals surface area contributed by atoms with Gasteiger partial charge in [0.05, 0.1) is 18.8 Å². The molecular formula is C9H18O4S. The van der Waals surface area contributed by atoms with Crippen LogP contribution in [0.15, 0.2) is 11.6 Å². The van der Waals surface area contributed by atoms with E-state index in [-0.39, 0.29) is 6.61 Å². The van der Waals surface area contributed by atoms with E-state index in [0.29, 0.717) is 6.42 Å². The predicted octanol–water partition coefficient (Wildman–Crippen LogP) is 0.375. The maximum absolute atomic E-state index is 10.5. The summed E-state index contributed by atoms with van der Waals surface area (Å²) in [7, 11) is 0. The summed E-state index contributed by atoms with van der Waals surface area (Å²) in [6, 6.07) is 0. The van der Waals surface area contributed by atoms with Crippen LogP contribution in [0.1, 0.15) is 20.3 Å². The Hall–Kier alpha value is -0.230. The van der Waals surface area contributed by atoms with E-state index in [1.54, 1.807) is 19.9 Å². The molecule has 0 bridgehead atoms. The predicted molar refractivity (Wildman–Crippen MR) is 56.1 cm³/mol. The molecule has 0 saturated carbocycles. The second-order valence-corrected chi connectivity index (χ2v) is 4.27. The lowest BCUT2D eigenvalue weighted by atomic mass is 10.1. The van der Waals surface area contributed by atoms with Crippen LogP contribution >= 0.6 is 0 Å². The number of hydrogen-bond donors (Lipinski definition) is 2. The van der Waals surface area contributed by atoms with E-state index in [0.717, 1.165) is 5.57 Å². The largest absolute Gasteiger partial charge is 0.393 e. The minimum Gasteiger partial charge on any atom is -0.393 e. The van der Waals surface area contributed by atoms with E-state index in [9.17, 15) is 9.32 Å². The number of aliphatic hydroxyl groups excluding tert-OH is 2. The highest BCUT2D eigenvalue weighted by molar-refractivity contribution is 7.79. The molecule has 2 N–H and O–H groups in total. The van der Waals surface area contributed by atoms with E-state index >= 15 is 0 Å². The van der Waals surface area contributed by atoms with Crippen LogP contribution in [-0.2, 0) is 15.3 Å². The van der Waals surface area contributed by atoms with Gasteiger partial charge in [-0.2, -0.15) is 0 Å². The fraction of sp³-hybridized carbons (Fsp3) is 0.778. The number of hydrogen-bond acceptors (Lipinski definition) is 4. The molecule has 0 aliphatic rings. The van der Waals surface area contributed by atoms with E-state index in [1.165, 1.54) is 6.26 Å². The van der Waals surface area contributed by atoms with Crippen LogP contribution < -0.4 is 0 Å². The molecule has 0 aliphatic carbocycles. The van der Waals surface area contributed by atoms with Crippen molar-refractivity contribution in [3.8, 4) is 0 Å². The SMILES string of the molecule is C/C(=C/COS(C)=O)[C@@H](O)C[C@H](C)O. The third-order valence-electron chi connectivity index (χ3n) is 1.73. The molecule has 4 nitrogen and oxygen atoms in total. The fourth-order valence-electron chi connectivity index (χ4n) is 0.906. The lowest BCUT2D eigenvalue weighted by molar-refractivity contribution is 0.110. The van der Waals surface area contributed by atoms with Crippen LogP contribution in [0.25, 0.3) is 0 Å². The molecule has 0 amide bonds. The highest BCUT2D eigenvalue weighted by Crippen LogP contribution is 2.08. The highest BCUT2D eigenvalue weighted by Gasteiger charge is 2.09. The van der Waals surface area contributed by atoms with E-state index in [2.05, 4.69) is 0 Å². The second kappa shape index (κ2) is 7.11. The molecular weight excluding hydrogens is 204 g/mol. The smallest absolute Gasteiger partial charge is 0.152 e. The summed E-state index contributed by atoms with van der Waals surface area (Å²) >= 11 is -1.28. The van der Waals surface area contributed by atoms with Gasteiger partial charge in [-0.3, -0.25) is 4.18 Å². The summed E-state index contributed by atoms with van der Waals surface area (Å²) in [6.45, 7) is 3.58. The van der Waals surface area contributed by atoms with Gasteiger partial charge in [-0.05, 0) is 19.4 Å². The van der Waals surface area contributed by atoms with E-state index in [4.69, 9.17) is 9.29 Å².